The number of rotatable bonds is 7. The molecule has 2 aromatic heterocycles. The highest BCUT2D eigenvalue weighted by Gasteiger charge is 2.14. The summed E-state index contributed by atoms with van der Waals surface area (Å²) in [6.07, 6.45) is 3.02. The fraction of sp³-hybridized carbons (Fsp3) is 0.125. The largest absolute Gasteiger partial charge is 0.467 e. The summed E-state index contributed by atoms with van der Waals surface area (Å²) >= 11 is 6.08. The molecule has 0 unspecified atom stereocenters. The Morgan fingerprint density at radius 2 is 1.97 bits per heavy atom. The number of carbonyl (C=O) groups is 1. The van der Waals surface area contributed by atoms with Crippen LogP contribution in [-0.2, 0) is 13.6 Å². The Morgan fingerprint density at radius 3 is 2.67 bits per heavy atom. The molecule has 4 aromatic rings. The van der Waals surface area contributed by atoms with E-state index in [0.29, 0.717) is 34.3 Å². The molecule has 0 aliphatic carbocycles. The predicted molar refractivity (Wildman–Crippen MR) is 125 cm³/mol. The van der Waals surface area contributed by atoms with Gasteiger partial charge in [0.1, 0.15) is 11.5 Å². The summed E-state index contributed by atoms with van der Waals surface area (Å²) in [6.45, 7) is 2.16. The van der Waals surface area contributed by atoms with Crippen LogP contribution in [0.25, 0.3) is 0 Å². The Labute approximate surface area is 194 Å². The molecule has 0 spiro atoms. The van der Waals surface area contributed by atoms with Crippen molar-refractivity contribution < 1.29 is 13.9 Å². The third-order valence-corrected chi connectivity index (χ3v) is 5.30. The zero-order valence-electron chi connectivity index (χ0n) is 18.0. The molecule has 0 saturated heterocycles. The van der Waals surface area contributed by atoms with E-state index >= 15 is 0 Å². The Bertz CT molecular complexity index is 1330. The van der Waals surface area contributed by atoms with Crippen LogP contribution in [0.2, 0.25) is 5.02 Å². The number of furan rings is 1. The van der Waals surface area contributed by atoms with Gasteiger partial charge in [-0.25, -0.2) is 4.68 Å². The van der Waals surface area contributed by atoms with Gasteiger partial charge in [0, 0.05) is 23.3 Å². The van der Waals surface area contributed by atoms with Crippen molar-refractivity contribution in [1.29, 1.82) is 0 Å². The van der Waals surface area contributed by atoms with Crippen LogP contribution in [0.15, 0.2) is 76.3 Å². The van der Waals surface area contributed by atoms with E-state index in [-0.39, 0.29) is 22.9 Å². The maximum Gasteiger partial charge on any atom is 0.294 e. The standard InChI is InChI=1S/C24H21ClN4O4/c1-15-12-18(9-10-20(15)25)33-21-14-27-29(2)24(31)22(21)28-17-7-5-16(6-8-17)23(30)26-13-19-4-3-11-32-19/h3-12,14,28H,13H2,1-2H3,(H,26,30). The summed E-state index contributed by atoms with van der Waals surface area (Å²) in [5.41, 5.74) is 1.79. The molecule has 0 saturated carbocycles. The zero-order chi connectivity index (χ0) is 23.4. The maximum atomic E-state index is 12.7. The highest BCUT2D eigenvalue weighted by Crippen LogP contribution is 2.30. The van der Waals surface area contributed by atoms with E-state index in [1.165, 1.54) is 10.9 Å². The van der Waals surface area contributed by atoms with Crippen molar-refractivity contribution in [3.8, 4) is 11.5 Å². The van der Waals surface area contributed by atoms with Gasteiger partial charge in [-0.05, 0) is 67.1 Å². The van der Waals surface area contributed by atoms with E-state index < -0.39 is 0 Å². The van der Waals surface area contributed by atoms with Gasteiger partial charge in [-0.2, -0.15) is 5.10 Å². The molecule has 0 fully saturated rings. The number of nitrogens with zero attached hydrogens (tertiary/aromatic N) is 2. The lowest BCUT2D eigenvalue weighted by Gasteiger charge is -2.14. The summed E-state index contributed by atoms with van der Waals surface area (Å²) in [6, 6.07) is 15.5. The van der Waals surface area contributed by atoms with Gasteiger partial charge < -0.3 is 19.8 Å². The molecule has 0 aliphatic heterocycles. The fourth-order valence-corrected chi connectivity index (χ4v) is 3.17. The minimum atomic E-state index is -0.363. The number of hydrogen-bond donors (Lipinski definition) is 2. The topological polar surface area (TPSA) is 98.4 Å². The lowest BCUT2D eigenvalue weighted by atomic mass is 10.2. The van der Waals surface area contributed by atoms with Crippen molar-refractivity contribution in [1.82, 2.24) is 15.1 Å². The summed E-state index contributed by atoms with van der Waals surface area (Å²) in [4.78, 5) is 25.1. The summed E-state index contributed by atoms with van der Waals surface area (Å²) < 4.78 is 12.3. The Hall–Kier alpha value is -4.04. The molecular weight excluding hydrogens is 444 g/mol. The number of carbonyl (C=O) groups excluding carboxylic acids is 1. The molecule has 2 N–H and O–H groups in total. The van der Waals surface area contributed by atoms with Crippen molar-refractivity contribution >= 4 is 28.9 Å². The van der Waals surface area contributed by atoms with Crippen LogP contribution in [0.4, 0.5) is 11.4 Å². The van der Waals surface area contributed by atoms with Crippen LogP contribution in [0.5, 0.6) is 11.5 Å². The van der Waals surface area contributed by atoms with Gasteiger partial charge in [0.05, 0.1) is 19.0 Å². The van der Waals surface area contributed by atoms with Gasteiger partial charge in [0.15, 0.2) is 11.4 Å². The number of hydrogen-bond acceptors (Lipinski definition) is 6. The molecule has 9 heteroatoms. The minimum Gasteiger partial charge on any atom is -0.467 e. The molecule has 0 aliphatic rings. The molecule has 2 heterocycles. The fourth-order valence-electron chi connectivity index (χ4n) is 3.06. The van der Waals surface area contributed by atoms with Crippen molar-refractivity contribution in [3.05, 3.63) is 99.3 Å². The van der Waals surface area contributed by atoms with Crippen molar-refractivity contribution in [3.63, 3.8) is 0 Å². The van der Waals surface area contributed by atoms with Crippen LogP contribution >= 0.6 is 11.6 Å². The molecule has 0 radical (unpaired) electrons. The number of aryl methyl sites for hydroxylation is 2. The first-order chi connectivity index (χ1) is 15.9. The number of benzene rings is 2. The monoisotopic (exact) mass is 464 g/mol. The van der Waals surface area contributed by atoms with Crippen LogP contribution in [0.1, 0.15) is 21.7 Å². The molecule has 8 nitrogen and oxygen atoms in total. The Morgan fingerprint density at radius 1 is 1.18 bits per heavy atom. The smallest absolute Gasteiger partial charge is 0.294 e. The van der Waals surface area contributed by atoms with Gasteiger partial charge in [-0.15, -0.1) is 0 Å². The van der Waals surface area contributed by atoms with Gasteiger partial charge in [-0.3, -0.25) is 9.59 Å². The highest BCUT2D eigenvalue weighted by atomic mass is 35.5. The van der Waals surface area contributed by atoms with E-state index in [2.05, 4.69) is 15.7 Å². The van der Waals surface area contributed by atoms with Crippen molar-refractivity contribution in [2.45, 2.75) is 13.5 Å². The Balaban J connectivity index is 1.52. The van der Waals surface area contributed by atoms with E-state index in [1.54, 1.807) is 67.9 Å². The van der Waals surface area contributed by atoms with E-state index in [9.17, 15) is 9.59 Å². The normalized spacial score (nSPS) is 10.6. The number of anilines is 2. The van der Waals surface area contributed by atoms with Crippen LogP contribution in [0.3, 0.4) is 0 Å². The van der Waals surface area contributed by atoms with Crippen LogP contribution in [-0.4, -0.2) is 15.7 Å². The Kier molecular flexibility index (Phi) is 6.46. The first kappa shape index (κ1) is 22.2. The number of nitrogens with one attached hydrogen (secondary N) is 2. The average molecular weight is 465 g/mol. The third kappa shape index (κ3) is 5.24. The summed E-state index contributed by atoms with van der Waals surface area (Å²) in [5, 5.41) is 10.5. The first-order valence-electron chi connectivity index (χ1n) is 10.1. The van der Waals surface area contributed by atoms with Crippen LogP contribution in [0, 0.1) is 6.92 Å². The first-order valence-corrected chi connectivity index (χ1v) is 10.5. The summed E-state index contributed by atoms with van der Waals surface area (Å²) in [7, 11) is 1.55. The number of amides is 1. The third-order valence-electron chi connectivity index (χ3n) is 4.88. The van der Waals surface area contributed by atoms with Crippen molar-refractivity contribution in [2.24, 2.45) is 7.05 Å². The van der Waals surface area contributed by atoms with Gasteiger partial charge in [0.2, 0.25) is 0 Å². The lowest BCUT2D eigenvalue weighted by Crippen LogP contribution is -2.23. The molecule has 0 atom stereocenters. The number of halogens is 1. The quantitative estimate of drug-likeness (QED) is 0.407. The second kappa shape index (κ2) is 9.62. The molecule has 168 valence electrons. The molecule has 2 aromatic carbocycles. The second-order valence-corrected chi connectivity index (χ2v) is 7.70. The van der Waals surface area contributed by atoms with E-state index in [4.69, 9.17) is 20.8 Å². The van der Waals surface area contributed by atoms with E-state index in [0.717, 1.165) is 5.56 Å². The highest BCUT2D eigenvalue weighted by molar-refractivity contribution is 6.31. The lowest BCUT2D eigenvalue weighted by molar-refractivity contribution is 0.0948. The van der Waals surface area contributed by atoms with Gasteiger partial charge >= 0.3 is 0 Å². The SMILES string of the molecule is Cc1cc(Oc2cnn(C)c(=O)c2Nc2ccc(C(=O)NCc3ccco3)cc2)ccc1Cl. The van der Waals surface area contributed by atoms with E-state index in [1.807, 2.05) is 6.92 Å². The molecule has 33 heavy (non-hydrogen) atoms. The van der Waals surface area contributed by atoms with Crippen molar-refractivity contribution in [2.75, 3.05) is 5.32 Å². The molecule has 0 bridgehead atoms. The molecular formula is C24H21ClN4O4. The van der Waals surface area contributed by atoms with Gasteiger partial charge in [0.25, 0.3) is 11.5 Å². The van der Waals surface area contributed by atoms with Crippen LogP contribution < -0.4 is 20.9 Å². The number of aromatic nitrogens is 2. The number of ether oxygens (including phenoxy) is 1. The average Bonchev–Trinajstić information content (AvgIpc) is 3.34. The molecule has 4 rings (SSSR count). The van der Waals surface area contributed by atoms with Gasteiger partial charge in [-0.1, -0.05) is 11.6 Å². The predicted octanol–water partition coefficient (Wildman–Crippen LogP) is 4.80. The summed E-state index contributed by atoms with van der Waals surface area (Å²) in [5.74, 6) is 1.22. The second-order valence-electron chi connectivity index (χ2n) is 7.29. The maximum absolute atomic E-state index is 12.7. The zero-order valence-corrected chi connectivity index (χ0v) is 18.7. The molecule has 1 amide bonds. The minimum absolute atomic E-state index is 0.218.